The predicted molar refractivity (Wildman–Crippen MR) is 78.1 cm³/mol. The summed E-state index contributed by atoms with van der Waals surface area (Å²) in [4.78, 5) is 10.7. The Morgan fingerprint density at radius 1 is 1.11 bits per heavy atom. The number of non-ortho nitro benzene ring substituents is 1. The van der Waals surface area contributed by atoms with Crippen molar-refractivity contribution in [2.45, 2.75) is 6.54 Å². The van der Waals surface area contributed by atoms with Crippen LogP contribution in [0, 0.1) is 10.1 Å². The van der Waals surface area contributed by atoms with Gasteiger partial charge in [0.25, 0.3) is 5.69 Å². The number of nitro groups is 1. The minimum absolute atomic E-state index is 0.0645. The average molecular weight is 272 g/mol. The van der Waals surface area contributed by atoms with E-state index in [4.69, 9.17) is 12.2 Å². The molecule has 2 aromatic carbocycles. The fraction of sp³-hybridized carbons (Fsp3) is 0.0714. The van der Waals surface area contributed by atoms with E-state index in [1.54, 1.807) is 12.1 Å². The molecule has 0 bridgehead atoms. The maximum Gasteiger partial charge on any atom is 0.269 e. The van der Waals surface area contributed by atoms with Crippen molar-refractivity contribution < 1.29 is 4.92 Å². The van der Waals surface area contributed by atoms with Gasteiger partial charge in [-0.1, -0.05) is 42.5 Å². The van der Waals surface area contributed by atoms with Crippen LogP contribution in [0.2, 0.25) is 0 Å². The first-order valence-corrected chi connectivity index (χ1v) is 6.14. The van der Waals surface area contributed by atoms with E-state index in [-0.39, 0.29) is 5.69 Å². The molecule has 1 N–H and O–H groups in total. The minimum Gasteiger partial charge on any atom is -0.372 e. The number of benzene rings is 2. The van der Waals surface area contributed by atoms with Crippen molar-refractivity contribution in [3.63, 3.8) is 0 Å². The standard InChI is InChI=1S/C14H12N2O2S/c17-16(18)13-8-6-12(7-9-13)14(19)15-10-11-4-2-1-3-5-11/h1-9H,10H2,(H,15,19). The molecule has 0 radical (unpaired) electrons. The maximum absolute atomic E-state index is 10.5. The number of thiocarbonyl (C=S) groups is 1. The van der Waals surface area contributed by atoms with E-state index in [0.29, 0.717) is 11.5 Å². The smallest absolute Gasteiger partial charge is 0.269 e. The molecule has 2 aromatic rings. The summed E-state index contributed by atoms with van der Waals surface area (Å²) in [5, 5.41) is 13.7. The van der Waals surface area contributed by atoms with Crippen LogP contribution in [0.15, 0.2) is 54.6 Å². The number of hydrogen-bond acceptors (Lipinski definition) is 3. The highest BCUT2D eigenvalue weighted by molar-refractivity contribution is 7.80. The first kappa shape index (κ1) is 13.2. The molecule has 0 aliphatic carbocycles. The first-order chi connectivity index (χ1) is 9.16. The largest absolute Gasteiger partial charge is 0.372 e. The van der Waals surface area contributed by atoms with Gasteiger partial charge in [0.15, 0.2) is 0 Å². The Bertz CT molecular complexity index is 582. The number of rotatable bonds is 4. The molecular weight excluding hydrogens is 260 g/mol. The van der Waals surface area contributed by atoms with E-state index < -0.39 is 4.92 Å². The Kier molecular flexibility index (Phi) is 4.20. The number of nitrogens with one attached hydrogen (secondary N) is 1. The zero-order valence-corrected chi connectivity index (χ0v) is 10.9. The molecule has 5 heteroatoms. The minimum atomic E-state index is -0.426. The van der Waals surface area contributed by atoms with E-state index in [1.807, 2.05) is 30.3 Å². The molecule has 0 aromatic heterocycles. The topological polar surface area (TPSA) is 55.2 Å². The molecular formula is C14H12N2O2S. The summed E-state index contributed by atoms with van der Waals surface area (Å²) in [5.74, 6) is 0. The molecule has 4 nitrogen and oxygen atoms in total. The van der Waals surface area contributed by atoms with Crippen molar-refractivity contribution in [2.75, 3.05) is 0 Å². The van der Waals surface area contributed by atoms with Crippen molar-refractivity contribution >= 4 is 22.9 Å². The van der Waals surface area contributed by atoms with Crippen molar-refractivity contribution in [1.82, 2.24) is 5.32 Å². The lowest BCUT2D eigenvalue weighted by Gasteiger charge is -2.07. The van der Waals surface area contributed by atoms with Crippen LogP contribution in [-0.4, -0.2) is 9.91 Å². The van der Waals surface area contributed by atoms with Gasteiger partial charge in [-0.15, -0.1) is 0 Å². The molecule has 0 unspecified atom stereocenters. The second-order valence-corrected chi connectivity index (χ2v) is 4.38. The summed E-state index contributed by atoms with van der Waals surface area (Å²) in [6, 6.07) is 16.1. The second kappa shape index (κ2) is 6.06. The van der Waals surface area contributed by atoms with Gasteiger partial charge in [-0.05, 0) is 17.7 Å². The van der Waals surface area contributed by atoms with Crippen LogP contribution >= 0.6 is 12.2 Å². The van der Waals surface area contributed by atoms with Crippen LogP contribution in [0.3, 0.4) is 0 Å². The molecule has 0 fully saturated rings. The molecule has 0 aliphatic rings. The second-order valence-electron chi connectivity index (χ2n) is 3.97. The molecule has 96 valence electrons. The molecule has 19 heavy (non-hydrogen) atoms. The van der Waals surface area contributed by atoms with Crippen LogP contribution in [0.5, 0.6) is 0 Å². The SMILES string of the molecule is O=[N+]([O-])c1ccc(C(=S)NCc2ccccc2)cc1. The third kappa shape index (κ3) is 3.59. The Labute approximate surface area is 116 Å². The van der Waals surface area contributed by atoms with Crippen molar-refractivity contribution in [1.29, 1.82) is 0 Å². The zero-order chi connectivity index (χ0) is 13.7. The van der Waals surface area contributed by atoms with Gasteiger partial charge in [-0.25, -0.2) is 0 Å². The lowest BCUT2D eigenvalue weighted by atomic mass is 10.2. The normalized spacial score (nSPS) is 9.89. The van der Waals surface area contributed by atoms with Crippen molar-refractivity contribution in [3.8, 4) is 0 Å². The molecule has 0 saturated carbocycles. The number of nitro benzene ring substituents is 1. The van der Waals surface area contributed by atoms with Crippen LogP contribution in [-0.2, 0) is 6.54 Å². The highest BCUT2D eigenvalue weighted by Crippen LogP contribution is 2.12. The zero-order valence-electron chi connectivity index (χ0n) is 10.1. The first-order valence-electron chi connectivity index (χ1n) is 5.73. The van der Waals surface area contributed by atoms with Gasteiger partial charge in [0, 0.05) is 24.2 Å². The van der Waals surface area contributed by atoms with E-state index in [9.17, 15) is 10.1 Å². The van der Waals surface area contributed by atoms with E-state index in [0.717, 1.165) is 11.1 Å². The molecule has 0 saturated heterocycles. The molecule has 0 atom stereocenters. The Morgan fingerprint density at radius 2 is 1.74 bits per heavy atom. The maximum atomic E-state index is 10.5. The molecule has 0 aliphatic heterocycles. The third-order valence-corrected chi connectivity index (χ3v) is 3.02. The van der Waals surface area contributed by atoms with Crippen molar-refractivity contribution in [2.24, 2.45) is 0 Å². The van der Waals surface area contributed by atoms with Crippen LogP contribution in [0.4, 0.5) is 5.69 Å². The quantitative estimate of drug-likeness (QED) is 0.528. The Balaban J connectivity index is 1.98. The summed E-state index contributed by atoms with van der Waals surface area (Å²) in [6.45, 7) is 0.636. The molecule has 0 spiro atoms. The van der Waals surface area contributed by atoms with Gasteiger partial charge >= 0.3 is 0 Å². The van der Waals surface area contributed by atoms with Crippen LogP contribution in [0.1, 0.15) is 11.1 Å². The van der Waals surface area contributed by atoms with E-state index >= 15 is 0 Å². The lowest BCUT2D eigenvalue weighted by Crippen LogP contribution is -2.21. The molecule has 0 amide bonds. The van der Waals surface area contributed by atoms with Gasteiger partial charge in [0.2, 0.25) is 0 Å². The number of hydrogen-bond donors (Lipinski definition) is 1. The molecule has 0 heterocycles. The van der Waals surface area contributed by atoms with Gasteiger partial charge < -0.3 is 5.32 Å². The highest BCUT2D eigenvalue weighted by atomic mass is 32.1. The predicted octanol–water partition coefficient (Wildman–Crippen LogP) is 3.06. The van der Waals surface area contributed by atoms with E-state index in [2.05, 4.69) is 5.32 Å². The Morgan fingerprint density at radius 3 is 2.32 bits per heavy atom. The van der Waals surface area contributed by atoms with Crippen LogP contribution in [0.25, 0.3) is 0 Å². The van der Waals surface area contributed by atoms with Crippen LogP contribution < -0.4 is 5.32 Å². The van der Waals surface area contributed by atoms with Crippen molar-refractivity contribution in [3.05, 3.63) is 75.8 Å². The average Bonchev–Trinajstić information content (AvgIpc) is 2.46. The fourth-order valence-electron chi connectivity index (χ4n) is 1.61. The number of nitrogens with zero attached hydrogens (tertiary/aromatic N) is 1. The third-order valence-electron chi connectivity index (χ3n) is 2.64. The van der Waals surface area contributed by atoms with Gasteiger partial charge in [-0.2, -0.15) is 0 Å². The van der Waals surface area contributed by atoms with Gasteiger partial charge in [-0.3, -0.25) is 10.1 Å². The summed E-state index contributed by atoms with van der Waals surface area (Å²) in [6.07, 6.45) is 0. The highest BCUT2D eigenvalue weighted by Gasteiger charge is 2.06. The lowest BCUT2D eigenvalue weighted by molar-refractivity contribution is -0.384. The fourth-order valence-corrected chi connectivity index (χ4v) is 1.82. The summed E-state index contributed by atoms with van der Waals surface area (Å²) in [7, 11) is 0. The summed E-state index contributed by atoms with van der Waals surface area (Å²) >= 11 is 5.25. The molecule has 2 rings (SSSR count). The van der Waals surface area contributed by atoms with Gasteiger partial charge in [0.1, 0.15) is 4.99 Å². The van der Waals surface area contributed by atoms with E-state index in [1.165, 1.54) is 12.1 Å². The van der Waals surface area contributed by atoms with Gasteiger partial charge in [0.05, 0.1) is 4.92 Å². The monoisotopic (exact) mass is 272 g/mol. The Hall–Kier alpha value is -2.27. The summed E-state index contributed by atoms with van der Waals surface area (Å²) < 4.78 is 0. The summed E-state index contributed by atoms with van der Waals surface area (Å²) in [5.41, 5.74) is 1.97.